The third kappa shape index (κ3) is 4.06. The highest BCUT2D eigenvalue weighted by atomic mass is 16.5. The van der Waals surface area contributed by atoms with Crippen LogP contribution in [0.5, 0.6) is 0 Å². The molecule has 3 atom stereocenters. The summed E-state index contributed by atoms with van der Waals surface area (Å²) in [5, 5.41) is 19.1. The normalized spacial score (nSPS) is 27.4. The van der Waals surface area contributed by atoms with Crippen LogP contribution in [-0.2, 0) is 9.53 Å². The van der Waals surface area contributed by atoms with E-state index in [2.05, 4.69) is 6.58 Å². The van der Waals surface area contributed by atoms with E-state index in [-0.39, 0.29) is 23.9 Å². The smallest absolute Gasteiger partial charge is 0.311 e. The first kappa shape index (κ1) is 17.2. The fourth-order valence-electron chi connectivity index (χ4n) is 2.67. The van der Waals surface area contributed by atoms with Crippen molar-refractivity contribution in [1.29, 1.82) is 0 Å². The lowest BCUT2D eigenvalue weighted by Gasteiger charge is -2.38. The zero-order chi connectivity index (χ0) is 15.5. The highest BCUT2D eigenvalue weighted by Crippen LogP contribution is 2.38. The van der Waals surface area contributed by atoms with Crippen molar-refractivity contribution in [1.82, 2.24) is 0 Å². The average Bonchev–Trinajstić information content (AvgIpc) is 2.38. The lowest BCUT2D eigenvalue weighted by atomic mass is 9.74. The average molecular weight is 284 g/mol. The van der Waals surface area contributed by atoms with E-state index in [1.165, 1.54) is 0 Å². The number of ether oxygens (including phenoxy) is 1. The Labute approximate surface area is 121 Å². The van der Waals surface area contributed by atoms with Gasteiger partial charge in [-0.2, -0.15) is 0 Å². The van der Waals surface area contributed by atoms with Crippen LogP contribution in [0.15, 0.2) is 12.2 Å². The predicted octanol–water partition coefficient (Wildman–Crippen LogP) is 2.64. The second kappa shape index (κ2) is 6.72. The van der Waals surface area contributed by atoms with Crippen LogP contribution in [0.2, 0.25) is 0 Å². The number of hydrogen-bond acceptors (Lipinski definition) is 4. The summed E-state index contributed by atoms with van der Waals surface area (Å²) in [6.45, 7) is 11.5. The van der Waals surface area contributed by atoms with Gasteiger partial charge in [0, 0.05) is 5.92 Å². The van der Waals surface area contributed by atoms with Crippen molar-refractivity contribution in [3.8, 4) is 0 Å². The second-order valence-electron chi connectivity index (χ2n) is 6.61. The van der Waals surface area contributed by atoms with E-state index < -0.39 is 11.7 Å². The minimum absolute atomic E-state index is 0.0872. The Morgan fingerprint density at radius 2 is 2.00 bits per heavy atom. The molecule has 0 aromatic rings. The molecule has 1 saturated carbocycles. The first-order valence-corrected chi connectivity index (χ1v) is 7.41. The van der Waals surface area contributed by atoms with E-state index in [0.29, 0.717) is 6.42 Å². The van der Waals surface area contributed by atoms with Crippen LogP contribution in [0.25, 0.3) is 0 Å². The van der Waals surface area contributed by atoms with E-state index in [1.807, 2.05) is 27.7 Å². The summed E-state index contributed by atoms with van der Waals surface area (Å²) in [7, 11) is 0. The molecular weight excluding hydrogens is 256 g/mol. The third-order valence-corrected chi connectivity index (χ3v) is 4.58. The zero-order valence-electron chi connectivity index (χ0n) is 13.1. The van der Waals surface area contributed by atoms with Gasteiger partial charge in [-0.1, -0.05) is 19.1 Å². The van der Waals surface area contributed by atoms with Gasteiger partial charge in [-0.15, -0.1) is 0 Å². The van der Waals surface area contributed by atoms with Gasteiger partial charge in [0.2, 0.25) is 0 Å². The minimum Gasteiger partial charge on any atom is -0.462 e. The molecule has 1 aliphatic carbocycles. The monoisotopic (exact) mass is 284 g/mol. The summed E-state index contributed by atoms with van der Waals surface area (Å²) in [6.07, 6.45) is 1.13. The molecule has 0 heterocycles. The van der Waals surface area contributed by atoms with Gasteiger partial charge in [0.1, 0.15) is 6.10 Å². The number of rotatable bonds is 5. The fraction of sp³-hybridized carbons (Fsp3) is 0.812. The standard InChI is InChI=1S/C16H28O4/c1-6-16(4,5)15(19)20-11-7-8-12(10(2)3)13(9-11)14(17)18/h11-14,17-18H,2,6-9H2,1,3-5H3. The Bertz CT molecular complexity index is 359. The van der Waals surface area contributed by atoms with Crippen LogP contribution in [-0.4, -0.2) is 28.6 Å². The van der Waals surface area contributed by atoms with Crippen LogP contribution < -0.4 is 0 Å². The van der Waals surface area contributed by atoms with Crippen LogP contribution in [0.1, 0.15) is 53.4 Å². The molecule has 0 aromatic heterocycles. The first-order valence-electron chi connectivity index (χ1n) is 7.41. The summed E-state index contributed by atoms with van der Waals surface area (Å²) < 4.78 is 5.56. The molecule has 1 rings (SSSR count). The lowest BCUT2D eigenvalue weighted by molar-refractivity contribution is -0.168. The predicted molar refractivity (Wildman–Crippen MR) is 77.8 cm³/mol. The Balaban J connectivity index is 2.68. The fourth-order valence-corrected chi connectivity index (χ4v) is 2.67. The molecule has 116 valence electrons. The quantitative estimate of drug-likeness (QED) is 0.463. The Morgan fingerprint density at radius 1 is 1.40 bits per heavy atom. The van der Waals surface area contributed by atoms with Crippen LogP contribution in [0, 0.1) is 17.3 Å². The van der Waals surface area contributed by atoms with Crippen molar-refractivity contribution in [2.24, 2.45) is 17.3 Å². The largest absolute Gasteiger partial charge is 0.462 e. The van der Waals surface area contributed by atoms with E-state index >= 15 is 0 Å². The molecule has 0 radical (unpaired) electrons. The van der Waals surface area contributed by atoms with Crippen LogP contribution in [0.3, 0.4) is 0 Å². The summed E-state index contributed by atoms with van der Waals surface area (Å²) in [4.78, 5) is 12.1. The Kier molecular flexibility index (Phi) is 5.78. The highest BCUT2D eigenvalue weighted by molar-refractivity contribution is 5.76. The highest BCUT2D eigenvalue weighted by Gasteiger charge is 2.38. The van der Waals surface area contributed by atoms with Crippen molar-refractivity contribution in [3.63, 3.8) is 0 Å². The molecule has 4 heteroatoms. The van der Waals surface area contributed by atoms with E-state index in [1.54, 1.807) is 0 Å². The molecule has 20 heavy (non-hydrogen) atoms. The van der Waals surface area contributed by atoms with E-state index in [0.717, 1.165) is 24.8 Å². The second-order valence-corrected chi connectivity index (χ2v) is 6.61. The van der Waals surface area contributed by atoms with Crippen molar-refractivity contribution in [3.05, 3.63) is 12.2 Å². The first-order chi connectivity index (χ1) is 9.19. The molecule has 0 bridgehead atoms. The molecule has 3 unspecified atom stereocenters. The number of aliphatic hydroxyl groups excluding tert-OH is 1. The van der Waals surface area contributed by atoms with Crippen LogP contribution in [0.4, 0.5) is 0 Å². The SMILES string of the molecule is C=C(C)C1CCC(OC(=O)C(C)(C)CC)CC1C(O)O. The number of allylic oxidation sites excluding steroid dienone is 1. The molecule has 0 saturated heterocycles. The number of aliphatic hydroxyl groups is 2. The summed E-state index contributed by atoms with van der Waals surface area (Å²) in [5.41, 5.74) is 0.472. The molecule has 1 aliphatic rings. The summed E-state index contributed by atoms with van der Waals surface area (Å²) in [6, 6.07) is 0. The van der Waals surface area contributed by atoms with Gasteiger partial charge in [0.15, 0.2) is 6.29 Å². The topological polar surface area (TPSA) is 66.8 Å². The molecular formula is C16H28O4. The van der Waals surface area contributed by atoms with Crippen molar-refractivity contribution in [2.75, 3.05) is 0 Å². The minimum atomic E-state index is -1.39. The van der Waals surface area contributed by atoms with Gasteiger partial charge < -0.3 is 14.9 Å². The Hall–Kier alpha value is -0.870. The van der Waals surface area contributed by atoms with Crippen LogP contribution >= 0.6 is 0 Å². The Morgan fingerprint density at radius 3 is 2.45 bits per heavy atom. The lowest BCUT2D eigenvalue weighted by Crippen LogP contribution is -2.39. The molecule has 1 fully saturated rings. The number of esters is 1. The van der Waals surface area contributed by atoms with Gasteiger partial charge in [0.05, 0.1) is 5.41 Å². The molecule has 2 N–H and O–H groups in total. The van der Waals surface area contributed by atoms with Crippen molar-refractivity contribution < 1.29 is 19.7 Å². The molecule has 4 nitrogen and oxygen atoms in total. The number of hydrogen-bond donors (Lipinski definition) is 2. The van der Waals surface area contributed by atoms with Gasteiger partial charge in [-0.25, -0.2) is 0 Å². The van der Waals surface area contributed by atoms with E-state index in [9.17, 15) is 15.0 Å². The maximum Gasteiger partial charge on any atom is 0.311 e. The number of carbonyl (C=O) groups excluding carboxylic acids is 1. The molecule has 0 aliphatic heterocycles. The molecule has 0 aromatic carbocycles. The maximum atomic E-state index is 12.1. The van der Waals surface area contributed by atoms with Crippen molar-refractivity contribution >= 4 is 5.97 Å². The van der Waals surface area contributed by atoms with Gasteiger partial charge in [-0.3, -0.25) is 4.79 Å². The molecule has 0 amide bonds. The number of carbonyl (C=O) groups is 1. The third-order valence-electron chi connectivity index (χ3n) is 4.58. The summed E-state index contributed by atoms with van der Waals surface area (Å²) in [5.74, 6) is -0.419. The molecule has 0 spiro atoms. The van der Waals surface area contributed by atoms with E-state index in [4.69, 9.17) is 4.74 Å². The maximum absolute atomic E-state index is 12.1. The summed E-state index contributed by atoms with van der Waals surface area (Å²) >= 11 is 0. The van der Waals surface area contributed by atoms with Gasteiger partial charge in [0.25, 0.3) is 0 Å². The van der Waals surface area contributed by atoms with Crippen molar-refractivity contribution in [2.45, 2.75) is 65.8 Å². The zero-order valence-corrected chi connectivity index (χ0v) is 13.1. The van der Waals surface area contributed by atoms with Gasteiger partial charge in [-0.05, 0) is 52.4 Å². The van der Waals surface area contributed by atoms with Gasteiger partial charge >= 0.3 is 5.97 Å².